The molecular weight excluding hydrogens is 356 g/mol. The maximum Gasteiger partial charge on any atom is 0.255 e. The van der Waals surface area contributed by atoms with E-state index < -0.39 is 5.91 Å². The Morgan fingerprint density at radius 1 is 0.893 bits per heavy atom. The van der Waals surface area contributed by atoms with Crippen molar-refractivity contribution >= 4 is 11.8 Å². The molecule has 3 aromatic rings. The summed E-state index contributed by atoms with van der Waals surface area (Å²) >= 11 is 0. The predicted molar refractivity (Wildman–Crippen MR) is 106 cm³/mol. The third-order valence-electron chi connectivity index (χ3n) is 4.12. The van der Waals surface area contributed by atoms with Gasteiger partial charge in [-0.05, 0) is 30.3 Å². The summed E-state index contributed by atoms with van der Waals surface area (Å²) in [5.41, 5.74) is 6.65. The molecule has 6 nitrogen and oxygen atoms in total. The Bertz CT molecular complexity index is 987. The van der Waals surface area contributed by atoms with Gasteiger partial charge in [0.05, 0.1) is 18.2 Å². The van der Waals surface area contributed by atoms with E-state index in [1.54, 1.807) is 43.5 Å². The van der Waals surface area contributed by atoms with Crippen molar-refractivity contribution in [2.45, 2.75) is 6.54 Å². The number of hydrogen-bond donors (Lipinski definition) is 2. The number of ether oxygens (including phenoxy) is 2. The molecule has 0 bridgehead atoms. The molecule has 0 fully saturated rings. The number of rotatable bonds is 7. The van der Waals surface area contributed by atoms with Gasteiger partial charge in [0.15, 0.2) is 5.75 Å². The summed E-state index contributed by atoms with van der Waals surface area (Å²) in [6.45, 7) is 0.258. The topological polar surface area (TPSA) is 90.6 Å². The van der Waals surface area contributed by atoms with Crippen LogP contribution in [-0.4, -0.2) is 18.9 Å². The highest BCUT2D eigenvalue weighted by molar-refractivity contribution is 6.03. The zero-order valence-electron chi connectivity index (χ0n) is 15.3. The van der Waals surface area contributed by atoms with Crippen molar-refractivity contribution in [3.05, 3.63) is 89.5 Å². The molecule has 142 valence electrons. The summed E-state index contributed by atoms with van der Waals surface area (Å²) in [7, 11) is 1.57. The SMILES string of the molecule is COc1ccccc1CNC(=O)c1cccc(C(N)=O)c1Oc1ccccc1. The van der Waals surface area contributed by atoms with Crippen molar-refractivity contribution in [3.8, 4) is 17.2 Å². The molecule has 28 heavy (non-hydrogen) atoms. The molecule has 3 N–H and O–H groups in total. The van der Waals surface area contributed by atoms with Crippen molar-refractivity contribution in [3.63, 3.8) is 0 Å². The van der Waals surface area contributed by atoms with Gasteiger partial charge in [-0.3, -0.25) is 9.59 Å². The van der Waals surface area contributed by atoms with E-state index in [0.717, 1.165) is 5.56 Å². The van der Waals surface area contributed by atoms with Crippen molar-refractivity contribution in [2.75, 3.05) is 7.11 Å². The Kier molecular flexibility index (Phi) is 5.91. The number of methoxy groups -OCH3 is 1. The Morgan fingerprint density at radius 2 is 1.57 bits per heavy atom. The van der Waals surface area contributed by atoms with E-state index in [0.29, 0.717) is 11.5 Å². The van der Waals surface area contributed by atoms with Gasteiger partial charge in [0, 0.05) is 12.1 Å². The molecule has 0 aromatic heterocycles. The lowest BCUT2D eigenvalue weighted by Gasteiger charge is -2.15. The van der Waals surface area contributed by atoms with Crippen LogP contribution in [0.3, 0.4) is 0 Å². The zero-order chi connectivity index (χ0) is 19.9. The van der Waals surface area contributed by atoms with Crippen LogP contribution in [0, 0.1) is 0 Å². The van der Waals surface area contributed by atoms with E-state index in [1.165, 1.54) is 6.07 Å². The third kappa shape index (κ3) is 4.29. The Morgan fingerprint density at radius 3 is 2.29 bits per heavy atom. The van der Waals surface area contributed by atoms with Gasteiger partial charge in [-0.2, -0.15) is 0 Å². The van der Waals surface area contributed by atoms with E-state index in [1.807, 2.05) is 30.3 Å². The number of nitrogens with one attached hydrogen (secondary N) is 1. The lowest BCUT2D eigenvalue weighted by molar-refractivity contribution is 0.0948. The van der Waals surface area contributed by atoms with Gasteiger partial charge in [0.1, 0.15) is 11.5 Å². The van der Waals surface area contributed by atoms with E-state index in [2.05, 4.69) is 5.32 Å². The molecule has 3 aromatic carbocycles. The van der Waals surface area contributed by atoms with Crippen LogP contribution >= 0.6 is 0 Å². The summed E-state index contributed by atoms with van der Waals surface area (Å²) in [5, 5.41) is 2.83. The zero-order valence-corrected chi connectivity index (χ0v) is 15.3. The van der Waals surface area contributed by atoms with Crippen molar-refractivity contribution in [1.29, 1.82) is 0 Å². The summed E-state index contributed by atoms with van der Waals surface area (Å²) in [4.78, 5) is 24.7. The minimum Gasteiger partial charge on any atom is -0.496 e. The second kappa shape index (κ2) is 8.73. The fourth-order valence-corrected chi connectivity index (χ4v) is 2.75. The van der Waals surface area contributed by atoms with E-state index >= 15 is 0 Å². The third-order valence-corrected chi connectivity index (χ3v) is 4.12. The molecule has 0 saturated carbocycles. The normalized spacial score (nSPS) is 10.2. The first-order valence-electron chi connectivity index (χ1n) is 8.66. The molecular formula is C22H20N2O4. The number of benzene rings is 3. The summed E-state index contributed by atoms with van der Waals surface area (Å²) in [5.74, 6) is 0.230. The van der Waals surface area contributed by atoms with E-state index in [-0.39, 0.29) is 29.3 Å². The molecule has 0 spiro atoms. The van der Waals surface area contributed by atoms with Gasteiger partial charge in [0.2, 0.25) is 0 Å². The molecule has 0 radical (unpaired) electrons. The van der Waals surface area contributed by atoms with E-state index in [4.69, 9.17) is 15.2 Å². The van der Waals surface area contributed by atoms with E-state index in [9.17, 15) is 9.59 Å². The summed E-state index contributed by atoms with van der Waals surface area (Å²) in [6.07, 6.45) is 0. The maximum atomic E-state index is 12.8. The molecule has 0 heterocycles. The minimum absolute atomic E-state index is 0.124. The van der Waals surface area contributed by atoms with Gasteiger partial charge < -0.3 is 20.5 Å². The lowest BCUT2D eigenvalue weighted by Crippen LogP contribution is -2.24. The summed E-state index contributed by atoms with van der Waals surface area (Å²) in [6, 6.07) is 21.0. The van der Waals surface area contributed by atoms with Crippen LogP contribution in [0.1, 0.15) is 26.3 Å². The first-order chi connectivity index (χ1) is 13.6. The van der Waals surface area contributed by atoms with Crippen LogP contribution in [0.25, 0.3) is 0 Å². The van der Waals surface area contributed by atoms with Crippen LogP contribution in [0.15, 0.2) is 72.8 Å². The first kappa shape index (κ1) is 19.0. The summed E-state index contributed by atoms with van der Waals surface area (Å²) < 4.78 is 11.1. The van der Waals surface area contributed by atoms with Crippen LogP contribution in [0.5, 0.6) is 17.2 Å². The van der Waals surface area contributed by atoms with Crippen LogP contribution in [0.2, 0.25) is 0 Å². The number of para-hydroxylation sites is 3. The largest absolute Gasteiger partial charge is 0.496 e. The number of primary amides is 1. The lowest BCUT2D eigenvalue weighted by atomic mass is 10.1. The second-order valence-electron chi connectivity index (χ2n) is 5.96. The Labute approximate surface area is 162 Å². The number of hydrogen-bond acceptors (Lipinski definition) is 4. The molecule has 0 saturated heterocycles. The fraction of sp³-hybridized carbons (Fsp3) is 0.0909. The first-order valence-corrected chi connectivity index (χ1v) is 8.66. The molecule has 0 aliphatic carbocycles. The minimum atomic E-state index is -0.676. The number of amides is 2. The number of carbonyl (C=O) groups excluding carboxylic acids is 2. The Balaban J connectivity index is 1.88. The molecule has 0 aliphatic rings. The fourth-order valence-electron chi connectivity index (χ4n) is 2.75. The average Bonchev–Trinajstić information content (AvgIpc) is 2.73. The Hall–Kier alpha value is -3.80. The van der Waals surface area contributed by atoms with Gasteiger partial charge in [0.25, 0.3) is 11.8 Å². The van der Waals surface area contributed by atoms with Crippen molar-refractivity contribution in [2.24, 2.45) is 5.73 Å². The molecule has 6 heteroatoms. The molecule has 2 amide bonds. The monoisotopic (exact) mass is 376 g/mol. The molecule has 3 rings (SSSR count). The second-order valence-corrected chi connectivity index (χ2v) is 5.96. The molecule has 0 aliphatic heterocycles. The highest BCUT2D eigenvalue weighted by Gasteiger charge is 2.20. The van der Waals surface area contributed by atoms with Crippen LogP contribution in [0.4, 0.5) is 0 Å². The highest BCUT2D eigenvalue weighted by Crippen LogP contribution is 2.29. The number of nitrogens with two attached hydrogens (primary N) is 1. The van der Waals surface area contributed by atoms with Crippen molar-refractivity contribution < 1.29 is 19.1 Å². The van der Waals surface area contributed by atoms with Crippen molar-refractivity contribution in [1.82, 2.24) is 5.32 Å². The van der Waals surface area contributed by atoms with Gasteiger partial charge in [-0.25, -0.2) is 0 Å². The maximum absolute atomic E-state index is 12.8. The predicted octanol–water partition coefficient (Wildman–Crippen LogP) is 3.52. The highest BCUT2D eigenvalue weighted by atomic mass is 16.5. The van der Waals surface area contributed by atoms with Crippen LogP contribution in [-0.2, 0) is 6.54 Å². The molecule has 0 unspecified atom stereocenters. The van der Waals surface area contributed by atoms with Gasteiger partial charge in [-0.15, -0.1) is 0 Å². The molecule has 0 atom stereocenters. The van der Waals surface area contributed by atoms with Gasteiger partial charge >= 0.3 is 0 Å². The average molecular weight is 376 g/mol. The standard InChI is InChI=1S/C22H20N2O4/c1-27-19-13-6-5-8-15(19)14-24-22(26)18-12-7-11-17(21(23)25)20(18)28-16-9-3-2-4-10-16/h2-13H,14H2,1H3,(H2,23,25)(H,24,26). The van der Waals surface area contributed by atoms with Crippen LogP contribution < -0.4 is 20.5 Å². The quantitative estimate of drug-likeness (QED) is 0.660. The smallest absolute Gasteiger partial charge is 0.255 e. The number of carbonyl (C=O) groups is 2. The van der Waals surface area contributed by atoms with Gasteiger partial charge in [-0.1, -0.05) is 42.5 Å².